The first-order valence-corrected chi connectivity index (χ1v) is 17.2. The van der Waals surface area contributed by atoms with Crippen LogP contribution in [0.15, 0.2) is 149 Å². The molecule has 0 aliphatic heterocycles. The number of fused-ring (bicyclic) bond motifs is 2. The number of rotatable bonds is 12. The van der Waals surface area contributed by atoms with Crippen molar-refractivity contribution in [3.63, 3.8) is 0 Å². The van der Waals surface area contributed by atoms with Gasteiger partial charge in [-0.15, -0.1) is 0 Å². The first-order valence-electron chi connectivity index (χ1n) is 17.2. The zero-order valence-corrected chi connectivity index (χ0v) is 28.8. The number of nitrogens with zero attached hydrogens (tertiary/aromatic N) is 8. The molecule has 0 spiro atoms. The summed E-state index contributed by atoms with van der Waals surface area (Å²) in [4.78, 5) is 0. The van der Waals surface area contributed by atoms with E-state index in [2.05, 4.69) is 57.4 Å². The molecule has 3 aromatic heterocycles. The van der Waals surface area contributed by atoms with E-state index in [0.29, 0.717) is 11.4 Å². The average molecular weight is 678 g/mol. The Morgan fingerprint density at radius 3 is 1.67 bits per heavy atom. The lowest BCUT2D eigenvalue weighted by atomic mass is 10.1. The summed E-state index contributed by atoms with van der Waals surface area (Å²) in [5.41, 5.74) is 3.16. The Hall–Kier alpha value is -6.29. The molecule has 0 radical (unpaired) electrons. The van der Waals surface area contributed by atoms with Crippen LogP contribution in [0.25, 0.3) is 21.5 Å². The van der Waals surface area contributed by atoms with Crippen LogP contribution in [0.5, 0.6) is 11.5 Å². The molecule has 7 aromatic rings. The van der Waals surface area contributed by atoms with Gasteiger partial charge in [0, 0.05) is 35.7 Å². The minimum absolute atomic E-state index is 0.113. The maximum atomic E-state index is 10.6. The molecule has 2 N–H and O–H groups in total. The van der Waals surface area contributed by atoms with E-state index in [1.165, 1.54) is 0 Å². The molecule has 254 valence electrons. The average Bonchev–Trinajstić information content (AvgIpc) is 3.59. The molecule has 7 rings (SSSR count). The van der Waals surface area contributed by atoms with Crippen LogP contribution in [0, 0.1) is 13.8 Å². The monoisotopic (exact) mass is 677 g/mol. The number of phenols is 2. The van der Waals surface area contributed by atoms with E-state index in [4.69, 9.17) is 0 Å². The number of hydrogen-bond donors (Lipinski definition) is 2. The molecular weight excluding hydrogens is 637 g/mol. The second-order valence-corrected chi connectivity index (χ2v) is 12.8. The molecule has 4 aromatic carbocycles. The largest absolute Gasteiger partial charge is 0.506 e. The SMILES string of the molecule is Cc1ccc2ccc(O)c(N=Nc3cccc[n+]3CCCn3cc[n+](CCC[n+]4ccccc4N=Nc4c(O)ccc5ccc(C)cc45)c3)c2c1. The second kappa shape index (κ2) is 15.1. The number of phenolic OH excluding ortho intramolecular Hbond substituents is 2. The smallest absolute Gasteiger partial charge is 0.350 e. The van der Waals surface area contributed by atoms with Crippen molar-refractivity contribution < 1.29 is 23.9 Å². The quantitative estimate of drug-likeness (QED) is 0.0998. The Morgan fingerprint density at radius 2 is 1.10 bits per heavy atom. The van der Waals surface area contributed by atoms with Crippen LogP contribution in [0.4, 0.5) is 23.0 Å². The van der Waals surface area contributed by atoms with Crippen LogP contribution >= 0.6 is 0 Å². The molecule has 0 unspecified atom stereocenters. The summed E-state index contributed by atoms with van der Waals surface area (Å²) in [6.07, 6.45) is 12.2. The van der Waals surface area contributed by atoms with Crippen LogP contribution in [0.2, 0.25) is 0 Å². The van der Waals surface area contributed by atoms with Gasteiger partial charge >= 0.3 is 11.6 Å². The summed E-state index contributed by atoms with van der Waals surface area (Å²) in [7, 11) is 0. The number of pyridine rings is 2. The van der Waals surface area contributed by atoms with Crippen molar-refractivity contribution in [1.29, 1.82) is 0 Å². The Labute approximate surface area is 296 Å². The van der Waals surface area contributed by atoms with Gasteiger partial charge in [0.1, 0.15) is 23.9 Å². The maximum absolute atomic E-state index is 10.6. The van der Waals surface area contributed by atoms with Crippen LogP contribution in [0.1, 0.15) is 24.0 Å². The van der Waals surface area contributed by atoms with E-state index in [1.54, 1.807) is 12.1 Å². The Morgan fingerprint density at radius 1 is 0.569 bits per heavy atom. The third-order valence-electron chi connectivity index (χ3n) is 8.97. The normalized spacial score (nSPS) is 11.8. The number of aryl methyl sites for hydroxylation is 6. The number of hydrogen-bond acceptors (Lipinski definition) is 6. The lowest BCUT2D eigenvalue weighted by Crippen LogP contribution is -2.38. The fourth-order valence-corrected chi connectivity index (χ4v) is 6.27. The summed E-state index contributed by atoms with van der Waals surface area (Å²) in [5.74, 6) is 1.68. The third kappa shape index (κ3) is 7.80. The number of azo groups is 2. The van der Waals surface area contributed by atoms with Gasteiger partial charge in [0.05, 0.1) is 48.8 Å². The van der Waals surface area contributed by atoms with Crippen molar-refractivity contribution >= 4 is 44.6 Å². The standard InChI is InChI=1S/C41H39N8O2/c1-30-11-13-32-15-17-36(50)40(34(32)27-30)44-42-38-9-3-5-21-48(38)23-7-19-46-25-26-47(29-46)20-8-24-49-22-6-4-10-39(49)43-45-41-35-28-31(2)12-14-33(35)16-18-37(41)51/h3-6,9-18,21-22,25-29H,7-8,19-20,23-24H2,1-2H3/q+1/p+2. The molecule has 0 bridgehead atoms. The summed E-state index contributed by atoms with van der Waals surface area (Å²) in [5, 5.41) is 43.0. The van der Waals surface area contributed by atoms with Crippen molar-refractivity contribution in [2.45, 2.75) is 52.9 Å². The zero-order chi connectivity index (χ0) is 35.2. The minimum Gasteiger partial charge on any atom is -0.506 e. The van der Waals surface area contributed by atoms with Crippen LogP contribution < -0.4 is 13.7 Å². The van der Waals surface area contributed by atoms with Crippen LogP contribution in [-0.4, -0.2) is 14.8 Å². The molecule has 51 heavy (non-hydrogen) atoms. The molecular formula is C41H41N8O2+3. The molecule has 0 fully saturated rings. The zero-order valence-electron chi connectivity index (χ0n) is 28.8. The lowest BCUT2D eigenvalue weighted by molar-refractivity contribution is -0.721. The first-order chi connectivity index (χ1) is 24.9. The molecule has 10 heteroatoms. The van der Waals surface area contributed by atoms with E-state index in [0.717, 1.165) is 83.3 Å². The maximum Gasteiger partial charge on any atom is 0.350 e. The fraction of sp³-hybridized carbons (Fsp3) is 0.195. The molecule has 0 saturated heterocycles. The highest BCUT2D eigenvalue weighted by Gasteiger charge is 2.15. The first kappa shape index (κ1) is 33.2. The minimum atomic E-state index is 0.113. The van der Waals surface area contributed by atoms with Gasteiger partial charge in [-0.25, -0.2) is 18.3 Å². The van der Waals surface area contributed by atoms with Gasteiger partial charge in [0.2, 0.25) is 6.33 Å². The Bertz CT molecular complexity index is 2220. The predicted octanol–water partition coefficient (Wildman–Crippen LogP) is 8.70. The Balaban J connectivity index is 0.948. The van der Waals surface area contributed by atoms with Gasteiger partial charge < -0.3 is 10.2 Å². The Kier molecular flexibility index (Phi) is 9.82. The predicted molar refractivity (Wildman–Crippen MR) is 196 cm³/mol. The molecule has 0 aliphatic rings. The van der Waals surface area contributed by atoms with E-state index >= 15 is 0 Å². The summed E-state index contributed by atoms with van der Waals surface area (Å²) in [6, 6.07) is 31.1. The summed E-state index contributed by atoms with van der Waals surface area (Å²) in [6.45, 7) is 7.30. The molecule has 0 amide bonds. The van der Waals surface area contributed by atoms with Crippen molar-refractivity contribution in [2.75, 3.05) is 0 Å². The van der Waals surface area contributed by atoms with Gasteiger partial charge in [-0.3, -0.25) is 0 Å². The molecule has 0 saturated carbocycles. The summed E-state index contributed by atoms with van der Waals surface area (Å²) >= 11 is 0. The van der Waals surface area contributed by atoms with Gasteiger partial charge in [0.15, 0.2) is 11.4 Å². The third-order valence-corrected chi connectivity index (χ3v) is 8.97. The van der Waals surface area contributed by atoms with E-state index in [9.17, 15) is 10.2 Å². The van der Waals surface area contributed by atoms with Gasteiger partial charge in [-0.2, -0.15) is 0 Å². The topological polar surface area (TPSA) is 106 Å². The van der Waals surface area contributed by atoms with Crippen molar-refractivity contribution in [2.24, 2.45) is 20.5 Å². The summed E-state index contributed by atoms with van der Waals surface area (Å²) < 4.78 is 8.58. The van der Waals surface area contributed by atoms with Crippen molar-refractivity contribution in [1.82, 2.24) is 4.57 Å². The fourth-order valence-electron chi connectivity index (χ4n) is 6.27. The van der Waals surface area contributed by atoms with Crippen molar-refractivity contribution in [3.8, 4) is 11.5 Å². The van der Waals surface area contributed by atoms with Gasteiger partial charge in [-0.1, -0.05) is 59.7 Å². The van der Waals surface area contributed by atoms with E-state index in [-0.39, 0.29) is 11.5 Å². The van der Waals surface area contributed by atoms with Crippen LogP contribution in [0.3, 0.4) is 0 Å². The second-order valence-electron chi connectivity index (χ2n) is 12.8. The van der Waals surface area contributed by atoms with E-state index in [1.807, 2.05) is 111 Å². The highest BCUT2D eigenvalue weighted by Crippen LogP contribution is 2.37. The number of imidazole rings is 1. The number of aromatic hydroxyl groups is 2. The molecule has 10 nitrogen and oxygen atoms in total. The van der Waals surface area contributed by atoms with Gasteiger partial charge in [-0.05, 0) is 71.2 Å². The molecule has 0 atom stereocenters. The van der Waals surface area contributed by atoms with Gasteiger partial charge in [0.25, 0.3) is 0 Å². The highest BCUT2D eigenvalue weighted by atomic mass is 16.3. The lowest BCUT2D eigenvalue weighted by Gasteiger charge is -2.04. The van der Waals surface area contributed by atoms with E-state index < -0.39 is 0 Å². The molecule has 3 heterocycles. The number of aromatic nitrogens is 4. The van der Waals surface area contributed by atoms with Crippen molar-refractivity contribution in [3.05, 3.63) is 139 Å². The number of benzene rings is 4. The molecule has 0 aliphatic carbocycles. The van der Waals surface area contributed by atoms with Crippen LogP contribution in [-0.2, 0) is 26.2 Å². The highest BCUT2D eigenvalue weighted by molar-refractivity contribution is 5.96.